The quantitative estimate of drug-likeness (QED) is 0.163. The summed E-state index contributed by atoms with van der Waals surface area (Å²) >= 11 is 0. The second-order valence-electron chi connectivity index (χ2n) is 14.6. The van der Waals surface area contributed by atoms with Crippen LogP contribution in [0.2, 0.25) is 0 Å². The molecule has 0 aliphatic heterocycles. The Kier molecular flexibility index (Phi) is 7.13. The van der Waals surface area contributed by atoms with Crippen molar-refractivity contribution in [1.29, 1.82) is 0 Å². The highest BCUT2D eigenvalue weighted by Crippen LogP contribution is 2.42. The number of fused-ring (bicyclic) bond motifs is 10. The highest BCUT2D eigenvalue weighted by atomic mass is 16.3. The molecule has 0 N–H and O–H groups in total. The van der Waals surface area contributed by atoms with E-state index in [0.29, 0.717) is 17.5 Å². The largest absolute Gasteiger partial charge is 0.455 e. The third-order valence-electron chi connectivity index (χ3n) is 11.1. The summed E-state index contributed by atoms with van der Waals surface area (Å²) in [5.74, 6) is 1.72. The number of furan rings is 2. The Bertz CT molecular complexity index is 3570. The van der Waals surface area contributed by atoms with Crippen LogP contribution in [0.4, 0.5) is 0 Å². The van der Waals surface area contributed by atoms with Crippen molar-refractivity contribution < 1.29 is 8.83 Å². The van der Waals surface area contributed by atoms with E-state index in [-0.39, 0.29) is 0 Å². The normalized spacial score (nSPS) is 11.8. The van der Waals surface area contributed by atoms with Crippen molar-refractivity contribution in [3.05, 3.63) is 182 Å². The highest BCUT2D eigenvalue weighted by Gasteiger charge is 2.20. The van der Waals surface area contributed by atoms with Gasteiger partial charge in [0.05, 0.1) is 16.8 Å². The highest BCUT2D eigenvalue weighted by molar-refractivity contribution is 6.25. The van der Waals surface area contributed by atoms with Gasteiger partial charge in [0.1, 0.15) is 22.3 Å². The molecule has 0 bridgehead atoms. The van der Waals surface area contributed by atoms with Crippen LogP contribution in [0.25, 0.3) is 122 Å². The molecular weight excluding hydrogens is 713 g/mol. The average Bonchev–Trinajstić information content (AvgIpc) is 3.87. The van der Waals surface area contributed by atoms with Gasteiger partial charge in [-0.2, -0.15) is 0 Å². The van der Waals surface area contributed by atoms with Crippen LogP contribution in [0, 0.1) is 0 Å². The zero-order chi connectivity index (χ0) is 38.2. The summed E-state index contributed by atoms with van der Waals surface area (Å²) in [7, 11) is 0. The minimum absolute atomic E-state index is 0.551. The summed E-state index contributed by atoms with van der Waals surface area (Å²) in [5, 5.41) is 7.39. The van der Waals surface area contributed by atoms with E-state index in [1.807, 2.05) is 72.8 Å². The minimum Gasteiger partial charge on any atom is -0.455 e. The predicted octanol–water partition coefficient (Wildman–Crippen LogP) is 13.7. The maximum atomic E-state index is 6.75. The second-order valence-corrected chi connectivity index (χ2v) is 14.6. The molecule has 0 saturated carbocycles. The summed E-state index contributed by atoms with van der Waals surface area (Å²) in [5.41, 5.74) is 10.9. The number of hydrogen-bond donors (Lipinski definition) is 0. The number of hydrogen-bond acceptors (Lipinski definition) is 6. The lowest BCUT2D eigenvalue weighted by molar-refractivity contribution is 0.669. The van der Waals surface area contributed by atoms with Crippen molar-refractivity contribution >= 4 is 65.6 Å². The molecule has 0 atom stereocenters. The number of rotatable bonds is 5. The zero-order valence-corrected chi connectivity index (χ0v) is 30.9. The van der Waals surface area contributed by atoms with Crippen LogP contribution in [0.15, 0.2) is 191 Å². The lowest BCUT2D eigenvalue weighted by atomic mass is 9.97. The molecule has 58 heavy (non-hydrogen) atoms. The van der Waals surface area contributed by atoms with Crippen LogP contribution in [-0.4, -0.2) is 19.9 Å². The fourth-order valence-electron chi connectivity index (χ4n) is 8.37. The molecule has 0 fully saturated rings. The molecule has 6 nitrogen and oxygen atoms in total. The van der Waals surface area contributed by atoms with Crippen molar-refractivity contribution in [1.82, 2.24) is 19.9 Å². The average molecular weight is 743 g/mol. The molecule has 4 heterocycles. The lowest BCUT2D eigenvalue weighted by Gasteiger charge is -2.10. The Morgan fingerprint density at radius 1 is 0.310 bits per heavy atom. The molecule has 12 aromatic rings. The summed E-state index contributed by atoms with van der Waals surface area (Å²) in [4.78, 5) is 20.3. The Morgan fingerprint density at radius 3 is 1.76 bits per heavy atom. The first-order chi connectivity index (χ1) is 28.7. The molecule has 0 unspecified atom stereocenters. The molecule has 270 valence electrons. The van der Waals surface area contributed by atoms with E-state index < -0.39 is 0 Å². The molecular formula is C52H30N4O2. The third-order valence-corrected chi connectivity index (χ3v) is 11.1. The Morgan fingerprint density at radius 2 is 0.897 bits per heavy atom. The maximum absolute atomic E-state index is 6.75. The minimum atomic E-state index is 0.551. The van der Waals surface area contributed by atoms with Gasteiger partial charge >= 0.3 is 0 Å². The molecule has 12 rings (SSSR count). The van der Waals surface area contributed by atoms with Gasteiger partial charge in [0.25, 0.3) is 0 Å². The lowest BCUT2D eigenvalue weighted by Crippen LogP contribution is -2.00. The molecule has 0 saturated heterocycles. The van der Waals surface area contributed by atoms with Gasteiger partial charge in [-0.15, -0.1) is 0 Å². The van der Waals surface area contributed by atoms with Gasteiger partial charge in [-0.3, -0.25) is 0 Å². The van der Waals surface area contributed by atoms with Crippen molar-refractivity contribution in [3.8, 4) is 56.5 Å². The zero-order valence-electron chi connectivity index (χ0n) is 30.9. The van der Waals surface area contributed by atoms with E-state index in [1.54, 1.807) is 0 Å². The van der Waals surface area contributed by atoms with Gasteiger partial charge in [-0.25, -0.2) is 19.9 Å². The smallest absolute Gasteiger partial charge is 0.167 e. The Hall–Kier alpha value is -7.96. The summed E-state index contributed by atoms with van der Waals surface area (Å²) in [6.45, 7) is 0. The van der Waals surface area contributed by atoms with Crippen LogP contribution in [-0.2, 0) is 0 Å². The summed E-state index contributed by atoms with van der Waals surface area (Å²) in [6.07, 6.45) is 0. The Balaban J connectivity index is 1.01. The standard InChI is InChI=1S/C52H30N4O2/c1-3-13-31(14-4-1)47-40-27-26-38-42-30-34(25-28-45(42)58-49(38)46(40)39-20-7-9-23-43(39)53-47)33-17-11-18-35(29-33)51-54-50(32-15-5-2-6-16-32)55-52(56-51)41-22-12-21-37-36-19-8-10-24-44(36)57-48(37)41/h1-30H. The molecule has 0 aliphatic rings. The third kappa shape index (κ3) is 5.12. The molecule has 8 aromatic carbocycles. The van der Waals surface area contributed by atoms with E-state index in [9.17, 15) is 0 Å². The Labute approximate surface area is 331 Å². The van der Waals surface area contributed by atoms with Gasteiger partial charge in [0.2, 0.25) is 0 Å². The van der Waals surface area contributed by atoms with Crippen LogP contribution < -0.4 is 0 Å². The van der Waals surface area contributed by atoms with Crippen molar-refractivity contribution in [2.24, 2.45) is 0 Å². The molecule has 6 heteroatoms. The fourth-order valence-corrected chi connectivity index (χ4v) is 8.37. The van der Waals surface area contributed by atoms with Crippen molar-refractivity contribution in [3.63, 3.8) is 0 Å². The molecule has 0 radical (unpaired) electrons. The van der Waals surface area contributed by atoms with Gasteiger partial charge in [-0.05, 0) is 53.6 Å². The van der Waals surface area contributed by atoms with Crippen LogP contribution in [0.5, 0.6) is 0 Å². The van der Waals surface area contributed by atoms with Gasteiger partial charge in [-0.1, -0.05) is 140 Å². The molecule has 0 spiro atoms. The maximum Gasteiger partial charge on any atom is 0.167 e. The molecule has 0 aliphatic carbocycles. The van der Waals surface area contributed by atoms with Gasteiger partial charge in [0.15, 0.2) is 17.5 Å². The fraction of sp³-hybridized carbons (Fsp3) is 0. The summed E-state index contributed by atoms with van der Waals surface area (Å²) < 4.78 is 13.2. The second kappa shape index (κ2) is 12.8. The first-order valence-corrected chi connectivity index (χ1v) is 19.3. The van der Waals surface area contributed by atoms with Crippen LogP contribution in [0.1, 0.15) is 0 Å². The van der Waals surface area contributed by atoms with Crippen molar-refractivity contribution in [2.45, 2.75) is 0 Å². The number of benzene rings is 8. The van der Waals surface area contributed by atoms with E-state index in [0.717, 1.165) is 105 Å². The predicted molar refractivity (Wildman–Crippen MR) is 234 cm³/mol. The van der Waals surface area contributed by atoms with E-state index in [1.165, 1.54) is 0 Å². The van der Waals surface area contributed by atoms with Crippen molar-refractivity contribution in [2.75, 3.05) is 0 Å². The topological polar surface area (TPSA) is 77.8 Å². The monoisotopic (exact) mass is 742 g/mol. The first kappa shape index (κ1) is 32.3. The first-order valence-electron chi connectivity index (χ1n) is 19.3. The number of pyridine rings is 1. The van der Waals surface area contributed by atoms with Gasteiger partial charge in [0, 0.05) is 54.4 Å². The molecule has 4 aromatic heterocycles. The number of nitrogens with zero attached hydrogens (tertiary/aromatic N) is 4. The SMILES string of the molecule is c1ccc(-c2nc(-c3cccc(-c4ccc5oc6c(ccc7c(-c8ccccc8)nc8ccccc8c76)c5c4)c3)nc(-c3cccc4c3oc3ccccc34)n2)cc1. The molecule has 0 amide bonds. The van der Waals surface area contributed by atoms with Crippen LogP contribution in [0.3, 0.4) is 0 Å². The van der Waals surface area contributed by atoms with E-state index >= 15 is 0 Å². The number of aromatic nitrogens is 4. The van der Waals surface area contributed by atoms with Gasteiger partial charge < -0.3 is 8.83 Å². The summed E-state index contributed by atoms with van der Waals surface area (Å²) in [6, 6.07) is 62.1. The number of para-hydroxylation sites is 3. The van der Waals surface area contributed by atoms with E-state index in [2.05, 4.69) is 109 Å². The van der Waals surface area contributed by atoms with E-state index in [4.69, 9.17) is 28.8 Å². The van der Waals surface area contributed by atoms with Crippen LogP contribution >= 0.6 is 0 Å².